The Bertz CT molecular complexity index is 473. The van der Waals surface area contributed by atoms with E-state index in [0.29, 0.717) is 17.9 Å². The molecule has 5 nitrogen and oxygen atoms in total. The number of carbonyl (C=O) groups is 1. The van der Waals surface area contributed by atoms with Crippen molar-refractivity contribution in [2.24, 2.45) is 5.73 Å². The molecule has 0 spiro atoms. The van der Waals surface area contributed by atoms with E-state index in [1.807, 2.05) is 26.8 Å². The number of carbonyl (C=O) groups excluding carboxylic acids is 1. The smallest absolute Gasteiger partial charge is 0.239 e. The Kier molecular flexibility index (Phi) is 5.03. The zero-order chi connectivity index (χ0) is 13.7. The Balaban J connectivity index is 2.93. The SMILES string of the molecule is CCNC(=O)CNc1nc(C)cc(C)c1C(N)=S. The molecule has 1 heterocycles. The molecule has 6 heteroatoms. The monoisotopic (exact) mass is 266 g/mol. The fraction of sp³-hybridized carbons (Fsp3) is 0.417. The van der Waals surface area contributed by atoms with Crippen molar-refractivity contribution in [3.63, 3.8) is 0 Å². The number of likely N-dealkylation sites (N-methyl/N-ethyl adjacent to an activating group) is 1. The zero-order valence-electron chi connectivity index (χ0n) is 10.8. The molecule has 0 bridgehead atoms. The number of nitrogens with two attached hydrogens (primary N) is 1. The molecule has 1 aromatic rings. The summed E-state index contributed by atoms with van der Waals surface area (Å²) in [5.74, 6) is 0.471. The summed E-state index contributed by atoms with van der Waals surface area (Å²) >= 11 is 5.01. The van der Waals surface area contributed by atoms with Crippen molar-refractivity contribution in [1.82, 2.24) is 10.3 Å². The third kappa shape index (κ3) is 3.66. The third-order valence-corrected chi connectivity index (χ3v) is 2.59. The highest BCUT2D eigenvalue weighted by atomic mass is 32.1. The van der Waals surface area contributed by atoms with E-state index in [2.05, 4.69) is 15.6 Å². The molecule has 0 aliphatic rings. The van der Waals surface area contributed by atoms with Gasteiger partial charge in [0.25, 0.3) is 0 Å². The summed E-state index contributed by atoms with van der Waals surface area (Å²) in [6, 6.07) is 1.91. The van der Waals surface area contributed by atoms with Gasteiger partial charge in [-0.1, -0.05) is 12.2 Å². The Morgan fingerprint density at radius 3 is 2.72 bits per heavy atom. The second kappa shape index (κ2) is 6.30. The van der Waals surface area contributed by atoms with Crippen molar-refractivity contribution in [3.8, 4) is 0 Å². The molecule has 1 rings (SSSR count). The molecule has 0 fully saturated rings. The zero-order valence-corrected chi connectivity index (χ0v) is 11.6. The predicted molar refractivity (Wildman–Crippen MR) is 76.8 cm³/mol. The van der Waals surface area contributed by atoms with Crippen LogP contribution in [0.2, 0.25) is 0 Å². The van der Waals surface area contributed by atoms with Crippen LogP contribution in [0.5, 0.6) is 0 Å². The molecular formula is C12H18N4OS. The first kappa shape index (κ1) is 14.4. The van der Waals surface area contributed by atoms with Crippen molar-refractivity contribution < 1.29 is 4.79 Å². The average molecular weight is 266 g/mol. The number of nitrogens with one attached hydrogen (secondary N) is 2. The summed E-state index contributed by atoms with van der Waals surface area (Å²) in [6.45, 7) is 6.42. The number of pyridine rings is 1. The van der Waals surface area contributed by atoms with Crippen molar-refractivity contribution in [1.29, 1.82) is 0 Å². The minimum atomic E-state index is -0.0904. The quantitative estimate of drug-likeness (QED) is 0.689. The highest BCUT2D eigenvalue weighted by molar-refractivity contribution is 7.80. The van der Waals surface area contributed by atoms with Crippen LogP contribution in [0.3, 0.4) is 0 Å². The second-order valence-electron chi connectivity index (χ2n) is 3.98. The molecule has 1 amide bonds. The van der Waals surface area contributed by atoms with Gasteiger partial charge in [-0.25, -0.2) is 4.98 Å². The van der Waals surface area contributed by atoms with E-state index in [-0.39, 0.29) is 17.4 Å². The summed E-state index contributed by atoms with van der Waals surface area (Å²) in [5.41, 5.74) is 8.18. The number of rotatable bonds is 5. The maximum Gasteiger partial charge on any atom is 0.239 e. The molecule has 0 atom stereocenters. The first-order valence-corrected chi connectivity index (χ1v) is 6.15. The van der Waals surface area contributed by atoms with Gasteiger partial charge in [0.15, 0.2) is 0 Å². The van der Waals surface area contributed by atoms with Crippen molar-refractivity contribution in [2.75, 3.05) is 18.4 Å². The standard InChI is InChI=1S/C12H18N4OS/c1-4-14-9(17)6-15-12-10(11(13)18)7(2)5-8(3)16-12/h5H,4,6H2,1-3H3,(H2,13,18)(H,14,17)(H,15,16). The molecule has 4 N–H and O–H groups in total. The molecule has 98 valence electrons. The van der Waals surface area contributed by atoms with Crippen molar-refractivity contribution >= 4 is 28.9 Å². The number of amides is 1. The Morgan fingerprint density at radius 2 is 2.17 bits per heavy atom. The van der Waals surface area contributed by atoms with Gasteiger partial charge in [0, 0.05) is 12.2 Å². The molecule has 18 heavy (non-hydrogen) atoms. The van der Waals surface area contributed by atoms with Gasteiger partial charge in [0.2, 0.25) is 5.91 Å². The lowest BCUT2D eigenvalue weighted by atomic mass is 10.1. The van der Waals surface area contributed by atoms with E-state index in [9.17, 15) is 4.79 Å². The van der Waals surface area contributed by atoms with Crippen LogP contribution in [-0.2, 0) is 4.79 Å². The van der Waals surface area contributed by atoms with Crippen LogP contribution < -0.4 is 16.4 Å². The summed E-state index contributed by atoms with van der Waals surface area (Å²) in [5, 5.41) is 5.67. The molecule has 1 aromatic heterocycles. The molecule has 0 saturated heterocycles. The normalized spacial score (nSPS) is 9.94. The highest BCUT2D eigenvalue weighted by Crippen LogP contribution is 2.18. The number of aromatic nitrogens is 1. The molecule has 0 saturated carbocycles. The van der Waals surface area contributed by atoms with Crippen LogP contribution in [0.1, 0.15) is 23.7 Å². The first-order chi connectivity index (χ1) is 8.45. The topological polar surface area (TPSA) is 80.0 Å². The number of hydrogen-bond acceptors (Lipinski definition) is 4. The van der Waals surface area contributed by atoms with E-state index in [0.717, 1.165) is 11.3 Å². The summed E-state index contributed by atoms with van der Waals surface area (Å²) in [6.07, 6.45) is 0. The predicted octanol–water partition coefficient (Wildman–Crippen LogP) is 0.881. The summed E-state index contributed by atoms with van der Waals surface area (Å²) < 4.78 is 0. The molecule has 0 unspecified atom stereocenters. The summed E-state index contributed by atoms with van der Waals surface area (Å²) in [7, 11) is 0. The van der Waals surface area contributed by atoms with Gasteiger partial charge < -0.3 is 16.4 Å². The molecule has 0 aliphatic carbocycles. The van der Waals surface area contributed by atoms with E-state index >= 15 is 0 Å². The molecule has 0 aromatic carbocycles. The number of thiocarbonyl (C=S) groups is 1. The van der Waals surface area contributed by atoms with E-state index in [1.54, 1.807) is 0 Å². The lowest BCUT2D eigenvalue weighted by Crippen LogP contribution is -2.30. The van der Waals surface area contributed by atoms with E-state index < -0.39 is 0 Å². The maximum atomic E-state index is 11.4. The third-order valence-electron chi connectivity index (χ3n) is 2.38. The maximum absolute atomic E-state index is 11.4. The van der Waals surface area contributed by atoms with Crippen LogP contribution in [0, 0.1) is 13.8 Å². The number of hydrogen-bond donors (Lipinski definition) is 3. The number of aryl methyl sites for hydroxylation is 2. The summed E-state index contributed by atoms with van der Waals surface area (Å²) in [4.78, 5) is 16.0. The lowest BCUT2D eigenvalue weighted by molar-refractivity contribution is -0.119. The molecular weight excluding hydrogens is 248 g/mol. The Morgan fingerprint density at radius 1 is 1.50 bits per heavy atom. The van der Waals surface area contributed by atoms with Crippen LogP contribution in [0.25, 0.3) is 0 Å². The van der Waals surface area contributed by atoms with Crippen molar-refractivity contribution in [2.45, 2.75) is 20.8 Å². The van der Waals surface area contributed by atoms with Crippen LogP contribution >= 0.6 is 12.2 Å². The highest BCUT2D eigenvalue weighted by Gasteiger charge is 2.12. The van der Waals surface area contributed by atoms with Gasteiger partial charge in [-0.3, -0.25) is 4.79 Å². The number of anilines is 1. The average Bonchev–Trinajstić information content (AvgIpc) is 2.25. The van der Waals surface area contributed by atoms with E-state index in [4.69, 9.17) is 18.0 Å². The van der Waals surface area contributed by atoms with Crippen LogP contribution in [0.4, 0.5) is 5.82 Å². The van der Waals surface area contributed by atoms with Gasteiger partial charge in [0.1, 0.15) is 10.8 Å². The first-order valence-electron chi connectivity index (χ1n) is 5.74. The van der Waals surface area contributed by atoms with Gasteiger partial charge in [0.05, 0.1) is 12.1 Å². The largest absolute Gasteiger partial charge is 0.389 e. The lowest BCUT2D eigenvalue weighted by Gasteiger charge is -2.13. The van der Waals surface area contributed by atoms with Crippen molar-refractivity contribution in [3.05, 3.63) is 22.9 Å². The van der Waals surface area contributed by atoms with Crippen LogP contribution in [-0.4, -0.2) is 29.0 Å². The van der Waals surface area contributed by atoms with E-state index in [1.165, 1.54) is 0 Å². The fourth-order valence-electron chi connectivity index (χ4n) is 1.70. The molecule has 0 aliphatic heterocycles. The van der Waals surface area contributed by atoms with Crippen LogP contribution in [0.15, 0.2) is 6.07 Å². The minimum absolute atomic E-state index is 0.0904. The van der Waals surface area contributed by atoms with Gasteiger partial charge in [-0.05, 0) is 32.4 Å². The number of nitrogens with zero attached hydrogens (tertiary/aromatic N) is 1. The minimum Gasteiger partial charge on any atom is -0.389 e. The van der Waals surface area contributed by atoms with Gasteiger partial charge >= 0.3 is 0 Å². The van der Waals surface area contributed by atoms with Gasteiger partial charge in [-0.2, -0.15) is 0 Å². The second-order valence-corrected chi connectivity index (χ2v) is 4.42. The Hall–Kier alpha value is -1.69. The van der Waals surface area contributed by atoms with Gasteiger partial charge in [-0.15, -0.1) is 0 Å². The molecule has 0 radical (unpaired) electrons. The Labute approximate surface area is 112 Å². The fourth-order valence-corrected chi connectivity index (χ4v) is 1.96.